The molecule has 0 unspecified atom stereocenters. The third kappa shape index (κ3) is 1.47. The van der Waals surface area contributed by atoms with E-state index in [0.29, 0.717) is 11.8 Å². The van der Waals surface area contributed by atoms with Crippen LogP contribution in [-0.4, -0.2) is 17.4 Å². The van der Waals surface area contributed by atoms with Gasteiger partial charge in [0.15, 0.2) is 0 Å². The maximum Gasteiger partial charge on any atom is 0.148 e. The number of hydrazone groups is 1. The zero-order valence-electron chi connectivity index (χ0n) is 7.51. The second-order valence-corrected chi connectivity index (χ2v) is 3.20. The first-order valence-corrected chi connectivity index (χ1v) is 4.30. The minimum atomic E-state index is 0.321. The molecule has 0 spiro atoms. The third-order valence-electron chi connectivity index (χ3n) is 2.10. The van der Waals surface area contributed by atoms with E-state index in [4.69, 9.17) is 5.73 Å². The molecule has 0 radical (unpaired) electrons. The Hall–Kier alpha value is -1.58. The van der Waals surface area contributed by atoms with Crippen LogP contribution in [0.15, 0.2) is 29.5 Å². The number of hydrogen-bond donors (Lipinski definition) is 1. The monoisotopic (exact) mass is 176 g/mol. The van der Waals surface area contributed by atoms with E-state index in [1.807, 2.05) is 23.2 Å². The first-order chi connectivity index (χ1) is 6.27. The van der Waals surface area contributed by atoms with E-state index in [1.54, 1.807) is 6.20 Å². The van der Waals surface area contributed by atoms with Crippen molar-refractivity contribution >= 4 is 11.7 Å². The van der Waals surface area contributed by atoms with E-state index in [9.17, 15) is 0 Å². The lowest BCUT2D eigenvalue weighted by Crippen LogP contribution is -2.20. The molecule has 2 N–H and O–H groups in total. The van der Waals surface area contributed by atoms with Gasteiger partial charge in [0.2, 0.25) is 0 Å². The van der Waals surface area contributed by atoms with E-state index in [-0.39, 0.29) is 0 Å². The van der Waals surface area contributed by atoms with Crippen molar-refractivity contribution in [3.8, 4) is 0 Å². The predicted octanol–water partition coefficient (Wildman–Crippen LogP) is 0.810. The fourth-order valence-electron chi connectivity index (χ4n) is 1.28. The molecule has 0 amide bonds. The minimum Gasteiger partial charge on any atom is -0.385 e. The van der Waals surface area contributed by atoms with Gasteiger partial charge in [0.05, 0.1) is 6.54 Å². The zero-order valence-corrected chi connectivity index (χ0v) is 7.51. The van der Waals surface area contributed by atoms with Gasteiger partial charge in [0, 0.05) is 12.1 Å². The van der Waals surface area contributed by atoms with Crippen LogP contribution in [0, 0.1) is 5.92 Å². The molecule has 13 heavy (non-hydrogen) atoms. The fourth-order valence-corrected chi connectivity index (χ4v) is 1.28. The van der Waals surface area contributed by atoms with Crippen molar-refractivity contribution in [3.63, 3.8) is 0 Å². The fraction of sp³-hybridized carbons (Fsp3) is 0.333. The molecule has 0 fully saturated rings. The molecule has 1 aromatic rings. The van der Waals surface area contributed by atoms with E-state index in [2.05, 4.69) is 17.0 Å². The maximum atomic E-state index is 5.69. The highest BCUT2D eigenvalue weighted by atomic mass is 15.5. The Morgan fingerprint density at radius 3 is 2.92 bits per heavy atom. The van der Waals surface area contributed by atoms with Crippen LogP contribution < -0.4 is 10.7 Å². The number of amidine groups is 1. The Balaban J connectivity index is 2.22. The summed E-state index contributed by atoms with van der Waals surface area (Å²) in [4.78, 5) is 4.19. The lowest BCUT2D eigenvalue weighted by molar-refractivity contribution is 0.764. The molecule has 0 saturated heterocycles. The van der Waals surface area contributed by atoms with Gasteiger partial charge in [0.1, 0.15) is 11.7 Å². The average molecular weight is 176 g/mol. The lowest BCUT2D eigenvalue weighted by atomic mass is 10.2. The second-order valence-electron chi connectivity index (χ2n) is 3.20. The number of nitrogens with zero attached hydrogens (tertiary/aromatic N) is 3. The van der Waals surface area contributed by atoms with E-state index in [0.717, 1.165) is 12.4 Å². The van der Waals surface area contributed by atoms with Gasteiger partial charge in [0.25, 0.3) is 0 Å². The highest BCUT2D eigenvalue weighted by Gasteiger charge is 2.21. The van der Waals surface area contributed by atoms with E-state index >= 15 is 0 Å². The third-order valence-corrected chi connectivity index (χ3v) is 2.10. The van der Waals surface area contributed by atoms with Gasteiger partial charge >= 0.3 is 0 Å². The standard InChI is InChI=1S/C9H12N4/c1-7-6-13(12-9(7)10)8-4-2-3-5-11-8/h2-5,7H,6H2,1H3,(H2,10,12)/t7-/m0/s1. The van der Waals surface area contributed by atoms with Gasteiger partial charge in [-0.1, -0.05) is 13.0 Å². The number of hydrogen-bond acceptors (Lipinski definition) is 4. The van der Waals surface area contributed by atoms with E-state index < -0.39 is 0 Å². The molecule has 2 rings (SSSR count). The minimum absolute atomic E-state index is 0.321. The molecule has 1 atom stereocenters. The maximum absolute atomic E-state index is 5.69. The Bertz CT molecular complexity index is 320. The zero-order chi connectivity index (χ0) is 9.26. The SMILES string of the molecule is C[C@H]1CN(c2ccccn2)N=C1N. The number of rotatable bonds is 1. The van der Waals surface area contributed by atoms with E-state index in [1.165, 1.54) is 0 Å². The largest absolute Gasteiger partial charge is 0.385 e. The van der Waals surface area contributed by atoms with Gasteiger partial charge in [-0.05, 0) is 12.1 Å². The van der Waals surface area contributed by atoms with Crippen molar-refractivity contribution in [1.82, 2.24) is 4.98 Å². The summed E-state index contributed by atoms with van der Waals surface area (Å²) in [5, 5.41) is 6.04. The van der Waals surface area contributed by atoms with Crippen LogP contribution in [0.4, 0.5) is 5.82 Å². The van der Waals surface area contributed by atoms with Crippen molar-refractivity contribution in [2.24, 2.45) is 16.8 Å². The van der Waals surface area contributed by atoms with Gasteiger partial charge < -0.3 is 5.73 Å². The first kappa shape index (κ1) is 8.04. The van der Waals surface area contributed by atoms with Gasteiger partial charge in [-0.25, -0.2) is 9.99 Å². The molecular weight excluding hydrogens is 164 g/mol. The molecular formula is C9H12N4. The number of anilines is 1. The number of aromatic nitrogens is 1. The summed E-state index contributed by atoms with van der Waals surface area (Å²) in [5.41, 5.74) is 5.69. The lowest BCUT2D eigenvalue weighted by Gasteiger charge is -2.11. The Morgan fingerprint density at radius 1 is 1.54 bits per heavy atom. The van der Waals surface area contributed by atoms with Crippen molar-refractivity contribution < 1.29 is 0 Å². The highest BCUT2D eigenvalue weighted by molar-refractivity contribution is 5.86. The van der Waals surface area contributed by atoms with Crippen LogP contribution in [0.3, 0.4) is 0 Å². The topological polar surface area (TPSA) is 54.5 Å². The molecule has 0 saturated carbocycles. The molecule has 68 valence electrons. The summed E-state index contributed by atoms with van der Waals surface area (Å²) < 4.78 is 0. The molecule has 0 aliphatic carbocycles. The summed E-state index contributed by atoms with van der Waals surface area (Å²) in [6, 6.07) is 5.75. The second kappa shape index (κ2) is 3.05. The van der Waals surface area contributed by atoms with Crippen molar-refractivity contribution in [1.29, 1.82) is 0 Å². The van der Waals surface area contributed by atoms with Crippen LogP contribution in [-0.2, 0) is 0 Å². The Morgan fingerprint density at radius 2 is 2.38 bits per heavy atom. The molecule has 0 bridgehead atoms. The summed E-state index contributed by atoms with van der Waals surface area (Å²) in [5.74, 6) is 1.86. The number of nitrogens with two attached hydrogens (primary N) is 1. The van der Waals surface area contributed by atoms with Crippen LogP contribution >= 0.6 is 0 Å². The summed E-state index contributed by atoms with van der Waals surface area (Å²) in [7, 11) is 0. The van der Waals surface area contributed by atoms with Crippen LogP contribution in [0.2, 0.25) is 0 Å². The predicted molar refractivity (Wildman–Crippen MR) is 52.4 cm³/mol. The molecule has 1 aliphatic heterocycles. The van der Waals surface area contributed by atoms with Crippen molar-refractivity contribution in [3.05, 3.63) is 24.4 Å². The highest BCUT2D eigenvalue weighted by Crippen LogP contribution is 2.17. The quantitative estimate of drug-likeness (QED) is 0.689. The van der Waals surface area contributed by atoms with Gasteiger partial charge in [-0.15, -0.1) is 0 Å². The smallest absolute Gasteiger partial charge is 0.148 e. The molecule has 1 aliphatic rings. The molecule has 0 aromatic carbocycles. The molecule has 2 heterocycles. The molecule has 1 aromatic heterocycles. The Kier molecular flexibility index (Phi) is 1.88. The van der Waals surface area contributed by atoms with Gasteiger partial charge in [-0.3, -0.25) is 0 Å². The molecule has 4 nitrogen and oxygen atoms in total. The summed E-state index contributed by atoms with van der Waals surface area (Å²) in [6.45, 7) is 2.88. The van der Waals surface area contributed by atoms with Crippen molar-refractivity contribution in [2.75, 3.05) is 11.6 Å². The Labute approximate surface area is 77.1 Å². The van der Waals surface area contributed by atoms with Crippen LogP contribution in [0.25, 0.3) is 0 Å². The summed E-state index contributed by atoms with van der Waals surface area (Å²) >= 11 is 0. The average Bonchev–Trinajstić information content (AvgIpc) is 2.49. The first-order valence-electron chi connectivity index (χ1n) is 4.30. The molecule has 4 heteroatoms. The number of pyridine rings is 1. The normalized spacial score (nSPS) is 21.8. The van der Waals surface area contributed by atoms with Crippen LogP contribution in [0.5, 0.6) is 0 Å². The van der Waals surface area contributed by atoms with Crippen molar-refractivity contribution in [2.45, 2.75) is 6.92 Å². The van der Waals surface area contributed by atoms with Crippen LogP contribution in [0.1, 0.15) is 6.92 Å². The summed E-state index contributed by atoms with van der Waals surface area (Å²) in [6.07, 6.45) is 1.75. The van der Waals surface area contributed by atoms with Gasteiger partial charge in [-0.2, -0.15) is 5.10 Å².